The Balaban J connectivity index is 0.000000256. The van der Waals surface area contributed by atoms with Crippen molar-refractivity contribution in [1.82, 2.24) is 0 Å². The van der Waals surface area contributed by atoms with Gasteiger partial charge in [0.1, 0.15) is 17.9 Å². The number of rotatable bonds is 3. The molecule has 0 amide bonds. The Morgan fingerprint density at radius 2 is 1.83 bits per heavy atom. The van der Waals surface area contributed by atoms with Gasteiger partial charge in [-0.15, -0.1) is 0 Å². The summed E-state index contributed by atoms with van der Waals surface area (Å²) in [5.41, 5.74) is 7.04. The maximum Gasteiger partial charge on any atom is 0.321 e. The first-order chi connectivity index (χ1) is 11.5. The average Bonchev–Trinajstić information content (AvgIpc) is 2.61. The van der Waals surface area contributed by atoms with Crippen molar-refractivity contribution in [2.24, 2.45) is 5.73 Å². The SMILES string of the molecule is N[C@@H](CS)C(=O)O.OC1Cc2ccccc2OC1c1ccccc1. The number of benzene rings is 2. The van der Waals surface area contributed by atoms with Crippen LogP contribution in [0.2, 0.25) is 0 Å². The minimum Gasteiger partial charge on any atom is -0.483 e. The van der Waals surface area contributed by atoms with E-state index in [1.165, 1.54) is 0 Å². The summed E-state index contributed by atoms with van der Waals surface area (Å²) >= 11 is 3.65. The minimum absolute atomic E-state index is 0.190. The number of ether oxygens (including phenoxy) is 1. The number of carboxylic acid groups (broad SMARTS) is 1. The van der Waals surface area contributed by atoms with Gasteiger partial charge in [0.2, 0.25) is 0 Å². The van der Waals surface area contributed by atoms with E-state index in [0.717, 1.165) is 16.9 Å². The Morgan fingerprint density at radius 3 is 2.42 bits per heavy atom. The van der Waals surface area contributed by atoms with Crippen molar-refractivity contribution in [1.29, 1.82) is 0 Å². The van der Waals surface area contributed by atoms with E-state index in [9.17, 15) is 9.90 Å². The summed E-state index contributed by atoms with van der Waals surface area (Å²) in [5, 5.41) is 18.2. The van der Waals surface area contributed by atoms with Crippen LogP contribution in [0.5, 0.6) is 5.75 Å². The number of thiol groups is 1. The molecule has 2 aromatic rings. The summed E-state index contributed by atoms with van der Waals surface area (Å²) in [4.78, 5) is 9.76. The van der Waals surface area contributed by atoms with E-state index in [0.29, 0.717) is 6.42 Å². The lowest BCUT2D eigenvalue weighted by Gasteiger charge is -2.30. The van der Waals surface area contributed by atoms with Crippen molar-refractivity contribution in [2.75, 3.05) is 5.75 Å². The van der Waals surface area contributed by atoms with Crippen LogP contribution in [0, 0.1) is 0 Å². The van der Waals surface area contributed by atoms with Crippen LogP contribution in [-0.4, -0.2) is 34.1 Å². The summed E-state index contributed by atoms with van der Waals surface area (Å²) in [5.74, 6) is 0.0663. The predicted octanol–water partition coefficient (Wildman–Crippen LogP) is 2.05. The van der Waals surface area contributed by atoms with E-state index in [-0.39, 0.29) is 11.9 Å². The number of para-hydroxylation sites is 1. The zero-order chi connectivity index (χ0) is 17.5. The molecule has 0 spiro atoms. The molecule has 2 aromatic carbocycles. The van der Waals surface area contributed by atoms with Crippen molar-refractivity contribution in [2.45, 2.75) is 24.7 Å². The molecule has 4 N–H and O–H groups in total. The van der Waals surface area contributed by atoms with Gasteiger partial charge in [0.15, 0.2) is 0 Å². The van der Waals surface area contributed by atoms with Gasteiger partial charge in [-0.25, -0.2) is 0 Å². The maximum absolute atomic E-state index is 10.1. The Bertz CT molecular complexity index is 665. The van der Waals surface area contributed by atoms with E-state index in [4.69, 9.17) is 15.6 Å². The summed E-state index contributed by atoms with van der Waals surface area (Å²) in [6.07, 6.45) is -0.0890. The number of fused-ring (bicyclic) bond motifs is 1. The first kappa shape index (κ1) is 18.3. The van der Waals surface area contributed by atoms with E-state index < -0.39 is 18.1 Å². The first-order valence-corrected chi connectivity index (χ1v) is 8.23. The second-order valence-electron chi connectivity index (χ2n) is 5.46. The van der Waals surface area contributed by atoms with Crippen molar-refractivity contribution in [3.63, 3.8) is 0 Å². The van der Waals surface area contributed by atoms with Crippen LogP contribution in [0.15, 0.2) is 54.6 Å². The fourth-order valence-electron chi connectivity index (χ4n) is 2.35. The first-order valence-electron chi connectivity index (χ1n) is 7.59. The molecule has 2 unspecified atom stereocenters. The molecule has 0 aromatic heterocycles. The molecule has 0 aliphatic carbocycles. The van der Waals surface area contributed by atoms with Crippen LogP contribution in [0.3, 0.4) is 0 Å². The summed E-state index contributed by atoms with van der Waals surface area (Å²) in [7, 11) is 0. The molecule has 6 heteroatoms. The Morgan fingerprint density at radius 1 is 1.21 bits per heavy atom. The number of carbonyl (C=O) groups is 1. The van der Waals surface area contributed by atoms with Gasteiger partial charge in [0, 0.05) is 12.2 Å². The Kier molecular flexibility index (Phi) is 6.66. The van der Waals surface area contributed by atoms with Crippen molar-refractivity contribution < 1.29 is 19.7 Å². The predicted molar refractivity (Wildman–Crippen MR) is 95.4 cm³/mol. The smallest absolute Gasteiger partial charge is 0.321 e. The fourth-order valence-corrected chi connectivity index (χ4v) is 2.50. The van der Waals surface area contributed by atoms with Gasteiger partial charge in [0.25, 0.3) is 0 Å². The third-order valence-corrected chi connectivity index (χ3v) is 4.04. The van der Waals surface area contributed by atoms with Crippen molar-refractivity contribution >= 4 is 18.6 Å². The summed E-state index contributed by atoms with van der Waals surface area (Å²) < 4.78 is 5.88. The van der Waals surface area contributed by atoms with Crippen molar-refractivity contribution in [3.05, 3.63) is 65.7 Å². The second-order valence-corrected chi connectivity index (χ2v) is 5.82. The zero-order valence-corrected chi connectivity index (χ0v) is 14.0. The number of carboxylic acids is 1. The molecule has 0 saturated carbocycles. The van der Waals surface area contributed by atoms with Crippen LogP contribution >= 0.6 is 12.6 Å². The molecule has 0 bridgehead atoms. The molecule has 3 rings (SSSR count). The third-order valence-electron chi connectivity index (χ3n) is 3.65. The highest BCUT2D eigenvalue weighted by atomic mass is 32.1. The van der Waals surface area contributed by atoms with Crippen molar-refractivity contribution in [3.8, 4) is 5.75 Å². The standard InChI is InChI=1S/C15H14O2.C3H7NO2S/c16-13-10-12-8-4-5-9-14(12)17-15(13)11-6-2-1-3-7-11;4-2(1-7)3(5)6/h1-9,13,15-16H,10H2;2,7H,1,4H2,(H,5,6)/t;2-/m.0/s1. The van der Waals surface area contributed by atoms with Gasteiger partial charge in [-0.1, -0.05) is 48.5 Å². The van der Waals surface area contributed by atoms with Gasteiger partial charge in [-0.3, -0.25) is 4.79 Å². The molecule has 1 aliphatic rings. The van der Waals surface area contributed by atoms with Gasteiger partial charge in [-0.2, -0.15) is 12.6 Å². The molecule has 0 saturated heterocycles. The van der Waals surface area contributed by atoms with E-state index >= 15 is 0 Å². The van der Waals surface area contributed by atoms with E-state index in [1.807, 2.05) is 54.6 Å². The molecular formula is C18H21NO4S. The Hall–Kier alpha value is -2.02. The maximum atomic E-state index is 10.1. The Labute approximate surface area is 146 Å². The van der Waals surface area contributed by atoms with Crippen LogP contribution in [0.1, 0.15) is 17.2 Å². The number of aliphatic hydroxyl groups is 1. The van der Waals surface area contributed by atoms with Gasteiger partial charge in [-0.05, 0) is 17.2 Å². The lowest BCUT2D eigenvalue weighted by atomic mass is 9.95. The zero-order valence-electron chi connectivity index (χ0n) is 13.1. The van der Waals surface area contributed by atoms with Crippen LogP contribution in [-0.2, 0) is 11.2 Å². The fraction of sp³-hybridized carbons (Fsp3) is 0.278. The monoisotopic (exact) mass is 347 g/mol. The molecular weight excluding hydrogens is 326 g/mol. The minimum atomic E-state index is -1.00. The van der Waals surface area contributed by atoms with Crippen LogP contribution < -0.4 is 10.5 Å². The third kappa shape index (κ3) is 4.74. The molecule has 0 radical (unpaired) electrons. The molecule has 1 aliphatic heterocycles. The molecule has 24 heavy (non-hydrogen) atoms. The molecule has 3 atom stereocenters. The molecule has 0 fully saturated rings. The number of aliphatic hydroxyl groups excluding tert-OH is 1. The van der Waals surface area contributed by atoms with Gasteiger partial charge < -0.3 is 20.7 Å². The number of aliphatic carboxylic acids is 1. The lowest BCUT2D eigenvalue weighted by Crippen LogP contribution is -2.31. The molecule has 5 nitrogen and oxygen atoms in total. The number of hydrogen-bond donors (Lipinski definition) is 4. The molecule has 1 heterocycles. The number of hydrogen-bond acceptors (Lipinski definition) is 5. The lowest BCUT2D eigenvalue weighted by molar-refractivity contribution is -0.137. The van der Waals surface area contributed by atoms with Gasteiger partial charge in [0.05, 0.1) is 6.10 Å². The highest BCUT2D eigenvalue weighted by Gasteiger charge is 2.29. The van der Waals surface area contributed by atoms with Crippen LogP contribution in [0.4, 0.5) is 0 Å². The quantitative estimate of drug-likeness (QED) is 0.638. The van der Waals surface area contributed by atoms with Crippen LogP contribution in [0.25, 0.3) is 0 Å². The number of nitrogens with two attached hydrogens (primary N) is 1. The highest BCUT2D eigenvalue weighted by Crippen LogP contribution is 2.34. The average molecular weight is 347 g/mol. The largest absolute Gasteiger partial charge is 0.483 e. The topological polar surface area (TPSA) is 92.8 Å². The summed E-state index contributed by atoms with van der Waals surface area (Å²) in [6.45, 7) is 0. The highest BCUT2D eigenvalue weighted by molar-refractivity contribution is 7.80. The van der Waals surface area contributed by atoms with E-state index in [2.05, 4.69) is 12.6 Å². The van der Waals surface area contributed by atoms with Gasteiger partial charge >= 0.3 is 5.97 Å². The van der Waals surface area contributed by atoms with E-state index in [1.54, 1.807) is 0 Å². The molecule has 128 valence electrons. The summed E-state index contributed by atoms with van der Waals surface area (Å²) in [6, 6.07) is 16.9. The normalized spacial score (nSPS) is 20.0. The second kappa shape index (κ2) is 8.73.